The molecule has 0 saturated heterocycles. The topological polar surface area (TPSA) is 54.9 Å². The molecule has 0 aliphatic heterocycles. The molecule has 1 amide bonds. The van der Waals surface area contributed by atoms with E-state index in [1.54, 1.807) is 12.3 Å². The fraction of sp³-hybridized carbons (Fsp3) is 0. The number of carbonyl (C=O) groups excluding carboxylic acids is 1. The molecule has 2 aromatic carbocycles. The Labute approximate surface area is 110 Å². The molecule has 1 heterocycles. The maximum absolute atomic E-state index is 10.5. The zero-order valence-electron chi connectivity index (χ0n) is 10.1. The number of aromatic nitrogens is 2. The van der Waals surface area contributed by atoms with Gasteiger partial charge in [0.25, 0.3) is 0 Å². The van der Waals surface area contributed by atoms with Crippen LogP contribution in [0.5, 0.6) is 0 Å². The Bertz CT molecular complexity index is 726. The lowest BCUT2D eigenvalue weighted by atomic mass is 10.1. The van der Waals surface area contributed by atoms with E-state index in [4.69, 9.17) is 0 Å². The molecular weight excluding hydrogens is 238 g/mol. The van der Waals surface area contributed by atoms with Crippen molar-refractivity contribution < 1.29 is 4.79 Å². The van der Waals surface area contributed by atoms with Crippen LogP contribution in [0.3, 0.4) is 0 Å². The standard InChI is InChI=1S/C15H11N3O/c19-10-17-12-6-7-13-14(8-12)18-15(9-16-13)11-4-2-1-3-5-11/h1-10H,(H,17,19). The minimum atomic E-state index is 0.648. The van der Waals surface area contributed by atoms with E-state index in [2.05, 4.69) is 15.3 Å². The molecule has 0 atom stereocenters. The summed E-state index contributed by atoms with van der Waals surface area (Å²) in [6.07, 6.45) is 2.40. The minimum Gasteiger partial charge on any atom is -0.329 e. The number of rotatable bonds is 3. The van der Waals surface area contributed by atoms with Crippen LogP contribution in [-0.4, -0.2) is 16.4 Å². The van der Waals surface area contributed by atoms with Gasteiger partial charge >= 0.3 is 0 Å². The Morgan fingerprint density at radius 2 is 1.84 bits per heavy atom. The van der Waals surface area contributed by atoms with Crippen molar-refractivity contribution in [2.45, 2.75) is 0 Å². The quantitative estimate of drug-likeness (QED) is 0.726. The predicted molar refractivity (Wildman–Crippen MR) is 74.7 cm³/mol. The smallest absolute Gasteiger partial charge is 0.211 e. The second-order valence-corrected chi connectivity index (χ2v) is 4.09. The average molecular weight is 249 g/mol. The molecule has 4 nitrogen and oxygen atoms in total. The lowest BCUT2D eigenvalue weighted by Crippen LogP contribution is -1.95. The maximum Gasteiger partial charge on any atom is 0.211 e. The third-order valence-corrected chi connectivity index (χ3v) is 2.84. The highest BCUT2D eigenvalue weighted by atomic mass is 16.1. The molecule has 0 fully saturated rings. The van der Waals surface area contributed by atoms with E-state index in [1.807, 2.05) is 42.5 Å². The largest absolute Gasteiger partial charge is 0.329 e. The Kier molecular flexibility index (Phi) is 2.90. The molecule has 0 aliphatic carbocycles. The van der Waals surface area contributed by atoms with Crippen molar-refractivity contribution >= 4 is 23.1 Å². The molecular formula is C15H11N3O. The Morgan fingerprint density at radius 3 is 2.63 bits per heavy atom. The lowest BCUT2D eigenvalue weighted by molar-refractivity contribution is -0.105. The molecule has 1 aromatic heterocycles. The summed E-state index contributed by atoms with van der Waals surface area (Å²) in [5, 5.41) is 2.61. The van der Waals surface area contributed by atoms with Gasteiger partial charge in [0.15, 0.2) is 0 Å². The molecule has 1 N–H and O–H groups in total. The number of anilines is 1. The van der Waals surface area contributed by atoms with Crippen molar-refractivity contribution in [2.24, 2.45) is 0 Å². The molecule has 4 heteroatoms. The third-order valence-electron chi connectivity index (χ3n) is 2.84. The number of fused-ring (bicyclic) bond motifs is 1. The number of amides is 1. The second kappa shape index (κ2) is 4.86. The van der Waals surface area contributed by atoms with Crippen molar-refractivity contribution in [3.63, 3.8) is 0 Å². The van der Waals surface area contributed by atoms with Gasteiger partial charge in [0, 0.05) is 11.3 Å². The molecule has 19 heavy (non-hydrogen) atoms. The average Bonchev–Trinajstić information content (AvgIpc) is 2.48. The van der Waals surface area contributed by atoms with Gasteiger partial charge in [-0.2, -0.15) is 0 Å². The molecule has 3 rings (SSSR count). The Hall–Kier alpha value is -2.75. The molecule has 0 aliphatic rings. The molecule has 0 bridgehead atoms. The molecule has 3 aromatic rings. The summed E-state index contributed by atoms with van der Waals surface area (Å²) < 4.78 is 0. The number of nitrogens with zero attached hydrogens (tertiary/aromatic N) is 2. The minimum absolute atomic E-state index is 0.648. The second-order valence-electron chi connectivity index (χ2n) is 4.09. The van der Waals surface area contributed by atoms with E-state index in [9.17, 15) is 4.79 Å². The lowest BCUT2D eigenvalue weighted by Gasteiger charge is -2.04. The number of hydrogen-bond acceptors (Lipinski definition) is 3. The van der Waals surface area contributed by atoms with Crippen molar-refractivity contribution in [3.8, 4) is 11.3 Å². The van der Waals surface area contributed by atoms with Crippen LogP contribution in [0, 0.1) is 0 Å². The third kappa shape index (κ3) is 2.28. The normalized spacial score (nSPS) is 10.3. The Balaban J connectivity index is 2.11. The van der Waals surface area contributed by atoms with Crippen LogP contribution in [0.15, 0.2) is 54.7 Å². The number of benzene rings is 2. The van der Waals surface area contributed by atoms with Crippen LogP contribution in [0.4, 0.5) is 5.69 Å². The van der Waals surface area contributed by atoms with Crippen LogP contribution in [0.2, 0.25) is 0 Å². The van der Waals surface area contributed by atoms with E-state index in [1.165, 1.54) is 0 Å². The SMILES string of the molecule is O=CNc1ccc2ncc(-c3ccccc3)nc2c1. The van der Waals surface area contributed by atoms with Gasteiger partial charge < -0.3 is 5.32 Å². The fourth-order valence-electron chi connectivity index (χ4n) is 1.92. The fourth-order valence-corrected chi connectivity index (χ4v) is 1.92. The van der Waals surface area contributed by atoms with Gasteiger partial charge in [-0.3, -0.25) is 9.78 Å². The van der Waals surface area contributed by atoms with Crippen molar-refractivity contribution in [1.29, 1.82) is 0 Å². The summed E-state index contributed by atoms with van der Waals surface area (Å²) in [6.45, 7) is 0. The van der Waals surface area contributed by atoms with Crippen molar-refractivity contribution in [2.75, 3.05) is 5.32 Å². The molecule has 92 valence electrons. The summed E-state index contributed by atoms with van der Waals surface area (Å²) >= 11 is 0. The first-order chi connectivity index (χ1) is 9.36. The van der Waals surface area contributed by atoms with Crippen LogP contribution in [0.25, 0.3) is 22.3 Å². The molecule has 0 radical (unpaired) electrons. The van der Waals surface area contributed by atoms with Crippen LogP contribution in [-0.2, 0) is 4.79 Å². The predicted octanol–water partition coefficient (Wildman–Crippen LogP) is 2.87. The van der Waals surface area contributed by atoms with Gasteiger partial charge in [-0.1, -0.05) is 30.3 Å². The van der Waals surface area contributed by atoms with Crippen LogP contribution < -0.4 is 5.32 Å². The van der Waals surface area contributed by atoms with Gasteiger partial charge in [0.05, 0.1) is 22.9 Å². The highest BCUT2D eigenvalue weighted by Gasteiger charge is 2.03. The summed E-state index contributed by atoms with van der Waals surface area (Å²) in [5.41, 5.74) is 4.10. The summed E-state index contributed by atoms with van der Waals surface area (Å²) in [7, 11) is 0. The van der Waals surface area contributed by atoms with E-state index >= 15 is 0 Å². The van der Waals surface area contributed by atoms with Crippen molar-refractivity contribution in [1.82, 2.24) is 9.97 Å². The molecule has 0 unspecified atom stereocenters. The molecule has 0 saturated carbocycles. The van der Waals surface area contributed by atoms with E-state index in [0.717, 1.165) is 22.3 Å². The van der Waals surface area contributed by atoms with Gasteiger partial charge in [-0.25, -0.2) is 4.98 Å². The summed E-state index contributed by atoms with van der Waals surface area (Å²) in [4.78, 5) is 19.4. The van der Waals surface area contributed by atoms with E-state index < -0.39 is 0 Å². The highest BCUT2D eigenvalue weighted by molar-refractivity contribution is 5.83. The number of hydrogen-bond donors (Lipinski definition) is 1. The van der Waals surface area contributed by atoms with Crippen LogP contribution >= 0.6 is 0 Å². The monoisotopic (exact) mass is 249 g/mol. The Morgan fingerprint density at radius 1 is 1.00 bits per heavy atom. The first kappa shape index (κ1) is 11.3. The zero-order chi connectivity index (χ0) is 13.1. The number of nitrogens with one attached hydrogen (secondary N) is 1. The first-order valence-corrected chi connectivity index (χ1v) is 5.89. The van der Waals surface area contributed by atoms with Gasteiger partial charge in [-0.15, -0.1) is 0 Å². The van der Waals surface area contributed by atoms with E-state index in [-0.39, 0.29) is 0 Å². The summed E-state index contributed by atoms with van der Waals surface area (Å²) in [5.74, 6) is 0. The zero-order valence-corrected chi connectivity index (χ0v) is 10.1. The van der Waals surface area contributed by atoms with Crippen LogP contribution in [0.1, 0.15) is 0 Å². The maximum atomic E-state index is 10.5. The van der Waals surface area contributed by atoms with Gasteiger partial charge in [0.2, 0.25) is 6.41 Å². The highest BCUT2D eigenvalue weighted by Crippen LogP contribution is 2.20. The first-order valence-electron chi connectivity index (χ1n) is 5.89. The number of carbonyl (C=O) groups is 1. The summed E-state index contributed by atoms with van der Waals surface area (Å²) in [6, 6.07) is 15.3. The van der Waals surface area contributed by atoms with E-state index in [0.29, 0.717) is 12.1 Å². The van der Waals surface area contributed by atoms with Crippen molar-refractivity contribution in [3.05, 3.63) is 54.7 Å². The van der Waals surface area contributed by atoms with Gasteiger partial charge in [0.1, 0.15) is 0 Å². The molecule has 0 spiro atoms. The van der Waals surface area contributed by atoms with Gasteiger partial charge in [-0.05, 0) is 18.2 Å².